The summed E-state index contributed by atoms with van der Waals surface area (Å²) in [6, 6.07) is 5.08. The first-order valence-corrected chi connectivity index (χ1v) is 8.06. The Labute approximate surface area is 115 Å². The third-order valence-electron chi connectivity index (χ3n) is 2.91. The molecular weight excluding hydrogens is 286 g/mol. The average Bonchev–Trinajstić information content (AvgIpc) is 2.94. The fourth-order valence-corrected chi connectivity index (χ4v) is 4.46. The third kappa shape index (κ3) is 2.94. The number of nitriles is 1. The maximum atomic E-state index is 12.2. The molecule has 2 heterocycles. The second kappa shape index (κ2) is 5.69. The van der Waals surface area contributed by atoms with Gasteiger partial charge in [-0.15, -0.1) is 11.3 Å². The lowest BCUT2D eigenvalue weighted by Gasteiger charge is -2.33. The van der Waals surface area contributed by atoms with Crippen LogP contribution in [0, 0.1) is 11.3 Å². The molecule has 1 aromatic rings. The van der Waals surface area contributed by atoms with Crippen molar-refractivity contribution in [1.29, 1.82) is 5.26 Å². The van der Waals surface area contributed by atoms with Gasteiger partial charge in [-0.05, 0) is 11.4 Å². The van der Waals surface area contributed by atoms with Gasteiger partial charge in [-0.3, -0.25) is 4.79 Å². The van der Waals surface area contributed by atoms with Crippen LogP contribution in [0.25, 0.3) is 0 Å². The molecule has 1 fully saturated rings. The van der Waals surface area contributed by atoms with Crippen molar-refractivity contribution in [2.24, 2.45) is 0 Å². The highest BCUT2D eigenvalue weighted by Gasteiger charge is 2.30. The second-order valence-corrected chi connectivity index (χ2v) is 7.16. The van der Waals surface area contributed by atoms with Crippen LogP contribution in [0.4, 0.5) is 0 Å². The van der Waals surface area contributed by atoms with Gasteiger partial charge in [-0.2, -0.15) is 9.57 Å². The van der Waals surface area contributed by atoms with Gasteiger partial charge in [0.05, 0.1) is 6.07 Å². The van der Waals surface area contributed by atoms with Gasteiger partial charge in [-0.1, -0.05) is 6.07 Å². The molecule has 1 aliphatic heterocycles. The van der Waals surface area contributed by atoms with Crippen LogP contribution in [0.15, 0.2) is 21.7 Å². The van der Waals surface area contributed by atoms with Crippen LogP contribution in [0.2, 0.25) is 0 Å². The predicted molar refractivity (Wildman–Crippen MR) is 69.9 cm³/mol. The lowest BCUT2D eigenvalue weighted by atomic mass is 10.3. The Bertz CT molecular complexity index is 581. The summed E-state index contributed by atoms with van der Waals surface area (Å²) in [7, 11) is -3.43. The number of rotatable bonds is 3. The van der Waals surface area contributed by atoms with Crippen LogP contribution in [0.1, 0.15) is 6.42 Å². The van der Waals surface area contributed by atoms with E-state index in [1.54, 1.807) is 17.5 Å². The summed E-state index contributed by atoms with van der Waals surface area (Å²) in [6.07, 6.45) is -0.155. The minimum Gasteiger partial charge on any atom is -0.339 e. The highest BCUT2D eigenvalue weighted by atomic mass is 32.2. The van der Waals surface area contributed by atoms with E-state index >= 15 is 0 Å². The molecule has 0 N–H and O–H groups in total. The van der Waals surface area contributed by atoms with Crippen LogP contribution in [-0.2, 0) is 14.8 Å². The van der Waals surface area contributed by atoms with Gasteiger partial charge >= 0.3 is 0 Å². The van der Waals surface area contributed by atoms with Crippen molar-refractivity contribution in [2.45, 2.75) is 10.6 Å². The number of hydrogen-bond donors (Lipinski definition) is 0. The van der Waals surface area contributed by atoms with E-state index in [1.807, 2.05) is 6.07 Å². The van der Waals surface area contributed by atoms with Gasteiger partial charge < -0.3 is 4.90 Å². The molecule has 0 saturated carbocycles. The first-order chi connectivity index (χ1) is 9.05. The van der Waals surface area contributed by atoms with Crippen LogP contribution >= 0.6 is 11.3 Å². The fraction of sp³-hybridized carbons (Fsp3) is 0.455. The van der Waals surface area contributed by atoms with Gasteiger partial charge in [-0.25, -0.2) is 8.42 Å². The van der Waals surface area contributed by atoms with Crippen molar-refractivity contribution in [3.05, 3.63) is 17.5 Å². The van der Waals surface area contributed by atoms with Crippen molar-refractivity contribution < 1.29 is 13.2 Å². The first kappa shape index (κ1) is 14.0. The molecule has 0 unspecified atom stereocenters. The maximum Gasteiger partial charge on any atom is 0.252 e. The number of sulfonamides is 1. The van der Waals surface area contributed by atoms with Gasteiger partial charge in [0.15, 0.2) is 0 Å². The van der Waals surface area contributed by atoms with E-state index in [2.05, 4.69) is 0 Å². The minimum absolute atomic E-state index is 0.155. The van der Waals surface area contributed by atoms with Crippen LogP contribution in [-0.4, -0.2) is 49.7 Å². The minimum atomic E-state index is -3.43. The number of amides is 1. The maximum absolute atomic E-state index is 12.2. The van der Waals surface area contributed by atoms with Gasteiger partial charge in [0, 0.05) is 26.2 Å². The Morgan fingerprint density at radius 2 is 2.05 bits per heavy atom. The van der Waals surface area contributed by atoms with E-state index in [9.17, 15) is 13.2 Å². The molecule has 1 aliphatic rings. The van der Waals surface area contributed by atoms with E-state index in [0.717, 1.165) is 0 Å². The lowest BCUT2D eigenvalue weighted by molar-refractivity contribution is -0.131. The van der Waals surface area contributed by atoms with Gasteiger partial charge in [0.25, 0.3) is 10.0 Å². The molecule has 102 valence electrons. The molecule has 2 rings (SSSR count). The quantitative estimate of drug-likeness (QED) is 0.813. The molecule has 19 heavy (non-hydrogen) atoms. The molecule has 1 aromatic heterocycles. The zero-order chi connectivity index (χ0) is 13.9. The number of hydrogen-bond acceptors (Lipinski definition) is 5. The van der Waals surface area contributed by atoms with Crippen LogP contribution < -0.4 is 0 Å². The summed E-state index contributed by atoms with van der Waals surface area (Å²) in [6.45, 7) is 1.23. The normalized spacial score (nSPS) is 17.1. The molecule has 1 saturated heterocycles. The molecule has 0 aromatic carbocycles. The van der Waals surface area contributed by atoms with E-state index in [-0.39, 0.29) is 25.4 Å². The van der Waals surface area contributed by atoms with Crippen molar-refractivity contribution in [3.8, 4) is 6.07 Å². The Balaban J connectivity index is 2.01. The fourth-order valence-electron chi connectivity index (χ4n) is 1.89. The SMILES string of the molecule is N#CCC(=O)N1CCN(S(=O)(=O)c2cccs2)CC1. The zero-order valence-corrected chi connectivity index (χ0v) is 11.8. The van der Waals surface area contributed by atoms with Crippen molar-refractivity contribution >= 4 is 27.3 Å². The molecule has 0 atom stereocenters. The number of carbonyl (C=O) groups is 1. The Morgan fingerprint density at radius 1 is 1.37 bits per heavy atom. The molecule has 8 heteroatoms. The number of carbonyl (C=O) groups excluding carboxylic acids is 1. The Kier molecular flexibility index (Phi) is 4.19. The van der Waals surface area contributed by atoms with Crippen molar-refractivity contribution in [2.75, 3.05) is 26.2 Å². The molecule has 0 bridgehead atoms. The van der Waals surface area contributed by atoms with Crippen LogP contribution in [0.5, 0.6) is 0 Å². The van der Waals surface area contributed by atoms with Gasteiger partial charge in [0.2, 0.25) is 5.91 Å². The summed E-state index contributed by atoms with van der Waals surface area (Å²) in [5.74, 6) is -0.240. The summed E-state index contributed by atoms with van der Waals surface area (Å²) >= 11 is 1.19. The molecule has 0 spiro atoms. The first-order valence-electron chi connectivity index (χ1n) is 5.74. The number of piperazine rings is 1. The number of thiophene rings is 1. The summed E-state index contributed by atoms with van der Waals surface area (Å²) in [4.78, 5) is 13.1. The summed E-state index contributed by atoms with van der Waals surface area (Å²) in [5, 5.41) is 10.2. The van der Waals surface area contributed by atoms with Crippen molar-refractivity contribution in [1.82, 2.24) is 9.21 Å². The largest absolute Gasteiger partial charge is 0.339 e. The molecule has 0 radical (unpaired) electrons. The molecule has 6 nitrogen and oxygen atoms in total. The van der Waals surface area contributed by atoms with E-state index < -0.39 is 10.0 Å². The smallest absolute Gasteiger partial charge is 0.252 e. The highest BCUT2D eigenvalue weighted by molar-refractivity contribution is 7.91. The lowest BCUT2D eigenvalue weighted by Crippen LogP contribution is -2.50. The zero-order valence-electron chi connectivity index (χ0n) is 10.2. The second-order valence-electron chi connectivity index (χ2n) is 4.05. The van der Waals surface area contributed by atoms with Crippen molar-refractivity contribution in [3.63, 3.8) is 0 Å². The summed E-state index contributed by atoms with van der Waals surface area (Å²) in [5.41, 5.74) is 0. The third-order valence-corrected chi connectivity index (χ3v) is 6.18. The summed E-state index contributed by atoms with van der Waals surface area (Å²) < 4.78 is 26.2. The topological polar surface area (TPSA) is 81.5 Å². The highest BCUT2D eigenvalue weighted by Crippen LogP contribution is 2.22. The van der Waals surface area contributed by atoms with E-state index in [1.165, 1.54) is 20.5 Å². The monoisotopic (exact) mass is 299 g/mol. The van der Waals surface area contributed by atoms with E-state index in [4.69, 9.17) is 5.26 Å². The Hall–Kier alpha value is -1.43. The predicted octanol–water partition coefficient (Wildman–Crippen LogP) is 0.495. The van der Waals surface area contributed by atoms with Gasteiger partial charge in [0.1, 0.15) is 10.6 Å². The average molecular weight is 299 g/mol. The molecule has 0 aliphatic carbocycles. The van der Waals surface area contributed by atoms with Crippen LogP contribution in [0.3, 0.4) is 0 Å². The molecular formula is C11H13N3O3S2. The van der Waals surface area contributed by atoms with E-state index in [0.29, 0.717) is 17.3 Å². The Morgan fingerprint density at radius 3 is 2.58 bits per heavy atom. The standard InChI is InChI=1S/C11H13N3O3S2/c12-4-3-10(15)13-5-7-14(8-6-13)19(16,17)11-2-1-9-18-11/h1-2,9H,3,5-8H2. The molecule has 1 amide bonds. The number of nitrogens with zero attached hydrogens (tertiary/aromatic N) is 3.